The number of aliphatic hydroxyl groups excluding tert-OH is 1. The number of amides is 2. The number of carbonyl (C=O) groups excluding carboxylic acids is 2. The van der Waals surface area contributed by atoms with Gasteiger partial charge in [-0.25, -0.2) is 0 Å². The standard InChI is InChI=1S/C32H36N4O5/c1-22-15-28(41-35-22)21-36(2)32(39)26-13-8-12-25(18-26)31(38)34-29(17-23-9-5-4-6-10-23)30(37)20-33-19-24-11-7-14-27(16-24)40-3/h4-16,18,29-30,33,37H,17,19-21H2,1-3H3,(H,34,38)/t29-,30+/m0/s1. The Hall–Kier alpha value is -4.47. The highest BCUT2D eigenvalue weighted by Crippen LogP contribution is 2.14. The topological polar surface area (TPSA) is 117 Å². The van der Waals surface area contributed by atoms with E-state index in [1.165, 1.54) is 4.90 Å². The minimum atomic E-state index is -0.869. The van der Waals surface area contributed by atoms with Gasteiger partial charge < -0.3 is 29.9 Å². The van der Waals surface area contributed by atoms with Crippen LogP contribution >= 0.6 is 0 Å². The van der Waals surface area contributed by atoms with Crippen LogP contribution in [0.5, 0.6) is 5.75 Å². The normalized spacial score (nSPS) is 12.4. The number of benzene rings is 3. The molecule has 0 aliphatic rings. The fourth-order valence-corrected chi connectivity index (χ4v) is 4.50. The Morgan fingerprint density at radius 1 is 0.976 bits per heavy atom. The summed E-state index contributed by atoms with van der Waals surface area (Å²) in [5.41, 5.74) is 3.44. The minimum absolute atomic E-state index is 0.253. The summed E-state index contributed by atoms with van der Waals surface area (Å²) in [4.78, 5) is 27.9. The van der Waals surface area contributed by atoms with Gasteiger partial charge in [0.2, 0.25) is 0 Å². The van der Waals surface area contributed by atoms with Crippen LogP contribution in [0.2, 0.25) is 0 Å². The van der Waals surface area contributed by atoms with E-state index >= 15 is 0 Å². The van der Waals surface area contributed by atoms with Crippen LogP contribution in [0.1, 0.15) is 43.3 Å². The summed E-state index contributed by atoms with van der Waals surface area (Å²) < 4.78 is 10.5. The van der Waals surface area contributed by atoms with E-state index in [-0.39, 0.29) is 24.9 Å². The molecule has 0 bridgehead atoms. The fourth-order valence-electron chi connectivity index (χ4n) is 4.50. The molecule has 1 heterocycles. The van der Waals surface area contributed by atoms with E-state index < -0.39 is 12.1 Å². The van der Waals surface area contributed by atoms with Crippen LogP contribution in [-0.4, -0.2) is 59.8 Å². The van der Waals surface area contributed by atoms with Gasteiger partial charge in [-0.15, -0.1) is 0 Å². The Morgan fingerprint density at radius 3 is 2.44 bits per heavy atom. The SMILES string of the molecule is COc1cccc(CNC[C@@H](O)[C@H](Cc2ccccc2)NC(=O)c2cccc(C(=O)N(C)Cc3cc(C)no3)c2)c1. The zero-order valence-corrected chi connectivity index (χ0v) is 23.5. The molecule has 9 heteroatoms. The van der Waals surface area contributed by atoms with Crippen LogP contribution in [0, 0.1) is 6.92 Å². The molecule has 0 unspecified atom stereocenters. The van der Waals surface area contributed by atoms with Crippen LogP contribution in [0.3, 0.4) is 0 Å². The second kappa shape index (κ2) is 14.2. The summed E-state index contributed by atoms with van der Waals surface area (Å²) in [6.07, 6.45) is -0.432. The molecule has 1 aromatic heterocycles. The molecule has 3 aromatic carbocycles. The van der Waals surface area contributed by atoms with E-state index in [4.69, 9.17) is 9.26 Å². The summed E-state index contributed by atoms with van der Waals surface area (Å²) in [6, 6.07) is 25.1. The summed E-state index contributed by atoms with van der Waals surface area (Å²) >= 11 is 0. The van der Waals surface area contributed by atoms with Gasteiger partial charge in [-0.05, 0) is 54.8 Å². The van der Waals surface area contributed by atoms with Gasteiger partial charge in [0.1, 0.15) is 5.75 Å². The van der Waals surface area contributed by atoms with Crippen molar-refractivity contribution < 1.29 is 24.0 Å². The largest absolute Gasteiger partial charge is 0.497 e. The van der Waals surface area contributed by atoms with Crippen LogP contribution in [0.4, 0.5) is 0 Å². The Balaban J connectivity index is 1.42. The molecule has 0 fully saturated rings. The zero-order chi connectivity index (χ0) is 29.2. The number of aromatic nitrogens is 1. The lowest BCUT2D eigenvalue weighted by molar-refractivity contribution is 0.0772. The van der Waals surface area contributed by atoms with Gasteiger partial charge in [0.15, 0.2) is 5.76 Å². The molecule has 0 radical (unpaired) electrons. The second-order valence-electron chi connectivity index (χ2n) is 10.00. The third-order valence-electron chi connectivity index (χ3n) is 6.68. The first-order valence-electron chi connectivity index (χ1n) is 13.5. The highest BCUT2D eigenvalue weighted by Gasteiger charge is 2.23. The number of carbonyl (C=O) groups is 2. The molecule has 9 nitrogen and oxygen atoms in total. The van der Waals surface area contributed by atoms with Crippen molar-refractivity contribution in [1.29, 1.82) is 0 Å². The maximum Gasteiger partial charge on any atom is 0.254 e. The van der Waals surface area contributed by atoms with E-state index in [0.717, 1.165) is 22.6 Å². The quantitative estimate of drug-likeness (QED) is 0.230. The van der Waals surface area contributed by atoms with Crippen molar-refractivity contribution in [3.05, 3.63) is 119 Å². The molecule has 2 atom stereocenters. The van der Waals surface area contributed by atoms with Crippen molar-refractivity contribution in [3.63, 3.8) is 0 Å². The molecular weight excluding hydrogens is 520 g/mol. The van der Waals surface area contributed by atoms with Crippen LogP contribution in [-0.2, 0) is 19.5 Å². The first-order valence-corrected chi connectivity index (χ1v) is 13.5. The van der Waals surface area contributed by atoms with E-state index in [9.17, 15) is 14.7 Å². The van der Waals surface area contributed by atoms with Gasteiger partial charge >= 0.3 is 0 Å². The molecule has 41 heavy (non-hydrogen) atoms. The zero-order valence-electron chi connectivity index (χ0n) is 23.5. The lowest BCUT2D eigenvalue weighted by Gasteiger charge is -2.25. The Morgan fingerprint density at radius 2 is 1.71 bits per heavy atom. The lowest BCUT2D eigenvalue weighted by Crippen LogP contribution is -2.48. The van der Waals surface area contributed by atoms with Gasteiger partial charge in [-0.2, -0.15) is 0 Å². The van der Waals surface area contributed by atoms with E-state index in [1.54, 1.807) is 44.5 Å². The summed E-state index contributed by atoms with van der Waals surface area (Å²) in [7, 11) is 3.29. The Kier molecular flexibility index (Phi) is 10.3. The van der Waals surface area contributed by atoms with E-state index in [0.29, 0.717) is 29.9 Å². The Labute approximate surface area is 240 Å². The second-order valence-corrected chi connectivity index (χ2v) is 10.00. The molecule has 4 aromatic rings. The maximum absolute atomic E-state index is 13.3. The molecule has 4 rings (SSSR count). The Bertz CT molecular complexity index is 1440. The third kappa shape index (κ3) is 8.51. The molecule has 3 N–H and O–H groups in total. The number of hydrogen-bond acceptors (Lipinski definition) is 7. The first kappa shape index (κ1) is 29.5. The molecule has 0 aliphatic heterocycles. The predicted octanol–water partition coefficient (Wildman–Crippen LogP) is 3.76. The average Bonchev–Trinajstić information content (AvgIpc) is 3.41. The minimum Gasteiger partial charge on any atom is -0.497 e. The fraction of sp³-hybridized carbons (Fsp3) is 0.281. The molecule has 0 saturated carbocycles. The number of methoxy groups -OCH3 is 1. The van der Waals surface area contributed by atoms with Gasteiger partial charge in [0.25, 0.3) is 11.8 Å². The molecule has 0 spiro atoms. The average molecular weight is 557 g/mol. The van der Waals surface area contributed by atoms with Gasteiger partial charge in [-0.1, -0.05) is 53.7 Å². The van der Waals surface area contributed by atoms with E-state index in [2.05, 4.69) is 15.8 Å². The predicted molar refractivity (Wildman–Crippen MR) is 156 cm³/mol. The lowest BCUT2D eigenvalue weighted by atomic mass is 10.00. The number of aliphatic hydroxyl groups is 1. The van der Waals surface area contributed by atoms with Gasteiger partial charge in [0, 0.05) is 37.3 Å². The number of rotatable bonds is 13. The number of ether oxygens (including phenoxy) is 1. The molecular formula is C32H36N4O5. The van der Waals surface area contributed by atoms with Crippen LogP contribution in [0.25, 0.3) is 0 Å². The monoisotopic (exact) mass is 556 g/mol. The van der Waals surface area contributed by atoms with Crippen molar-refractivity contribution in [3.8, 4) is 5.75 Å². The molecule has 2 amide bonds. The van der Waals surface area contributed by atoms with Crippen molar-refractivity contribution in [2.75, 3.05) is 20.7 Å². The number of nitrogens with zero attached hydrogens (tertiary/aromatic N) is 2. The van der Waals surface area contributed by atoms with E-state index in [1.807, 2.05) is 61.5 Å². The number of hydrogen-bond donors (Lipinski definition) is 3. The molecule has 214 valence electrons. The van der Waals surface area contributed by atoms with Crippen LogP contribution < -0.4 is 15.4 Å². The highest BCUT2D eigenvalue weighted by molar-refractivity contribution is 5.99. The van der Waals surface area contributed by atoms with Crippen molar-refractivity contribution in [1.82, 2.24) is 20.7 Å². The van der Waals surface area contributed by atoms with Gasteiger partial charge in [0.05, 0.1) is 31.5 Å². The first-order chi connectivity index (χ1) is 19.8. The maximum atomic E-state index is 13.3. The summed E-state index contributed by atoms with van der Waals surface area (Å²) in [5, 5.41) is 21.2. The van der Waals surface area contributed by atoms with Gasteiger partial charge in [-0.3, -0.25) is 9.59 Å². The van der Waals surface area contributed by atoms with Crippen molar-refractivity contribution >= 4 is 11.8 Å². The number of aryl methyl sites for hydroxylation is 1. The summed E-state index contributed by atoms with van der Waals surface area (Å²) in [5.74, 6) is 0.710. The van der Waals surface area contributed by atoms with Crippen molar-refractivity contribution in [2.45, 2.75) is 38.6 Å². The third-order valence-corrected chi connectivity index (χ3v) is 6.68. The van der Waals surface area contributed by atoms with Crippen LogP contribution in [0.15, 0.2) is 89.5 Å². The highest BCUT2D eigenvalue weighted by atomic mass is 16.5. The molecule has 0 aliphatic carbocycles. The summed E-state index contributed by atoms with van der Waals surface area (Å²) in [6.45, 7) is 2.87. The number of nitrogens with one attached hydrogen (secondary N) is 2. The molecule has 0 saturated heterocycles. The van der Waals surface area contributed by atoms with Crippen molar-refractivity contribution in [2.24, 2.45) is 0 Å². The smallest absolute Gasteiger partial charge is 0.254 e.